The fourth-order valence-electron chi connectivity index (χ4n) is 3.10. The minimum Gasteiger partial charge on any atom is -0.332 e. The molecular formula is C20H20FN3O2. The molecule has 0 N–H and O–H groups in total. The number of nitrogens with zero attached hydrogens (tertiary/aromatic N) is 3. The summed E-state index contributed by atoms with van der Waals surface area (Å²) in [5.41, 5.74) is 0.844. The molecule has 3 rings (SSSR count). The Kier molecular flexibility index (Phi) is 4.84. The molecule has 0 radical (unpaired) electrons. The van der Waals surface area contributed by atoms with Gasteiger partial charge in [0.15, 0.2) is 0 Å². The van der Waals surface area contributed by atoms with Gasteiger partial charge >= 0.3 is 0 Å². The van der Waals surface area contributed by atoms with Crippen molar-refractivity contribution in [1.29, 1.82) is 0 Å². The Balaban J connectivity index is 2.04. The van der Waals surface area contributed by atoms with Crippen molar-refractivity contribution in [3.63, 3.8) is 0 Å². The molecule has 1 amide bonds. The van der Waals surface area contributed by atoms with E-state index in [-0.39, 0.29) is 17.5 Å². The van der Waals surface area contributed by atoms with Crippen LogP contribution < -0.4 is 5.56 Å². The zero-order chi connectivity index (χ0) is 18.8. The lowest BCUT2D eigenvalue weighted by molar-refractivity contribution is 0.0716. The van der Waals surface area contributed by atoms with Gasteiger partial charge in [0.05, 0.1) is 16.9 Å². The van der Waals surface area contributed by atoms with Crippen LogP contribution in [0.3, 0.4) is 0 Å². The summed E-state index contributed by atoms with van der Waals surface area (Å²) in [4.78, 5) is 31.6. The van der Waals surface area contributed by atoms with E-state index in [4.69, 9.17) is 0 Å². The van der Waals surface area contributed by atoms with E-state index in [9.17, 15) is 14.0 Å². The summed E-state index contributed by atoms with van der Waals surface area (Å²) >= 11 is 0. The van der Waals surface area contributed by atoms with Crippen molar-refractivity contribution in [2.45, 2.75) is 19.4 Å². The number of amides is 1. The SMILES string of the molecule is CCC(c1nc2ccccc2c(=O)n1C)N(C)C(=O)c1ccc(F)cc1. The maximum atomic E-state index is 13.1. The molecule has 3 aromatic rings. The van der Waals surface area contributed by atoms with Crippen molar-refractivity contribution in [2.24, 2.45) is 7.05 Å². The van der Waals surface area contributed by atoms with Crippen LogP contribution in [0.5, 0.6) is 0 Å². The van der Waals surface area contributed by atoms with Gasteiger partial charge in [-0.2, -0.15) is 0 Å². The molecule has 0 aliphatic heterocycles. The molecule has 0 fully saturated rings. The highest BCUT2D eigenvalue weighted by Gasteiger charge is 2.25. The molecule has 2 aromatic carbocycles. The normalized spacial score (nSPS) is 12.2. The second-order valence-corrected chi connectivity index (χ2v) is 6.20. The molecule has 1 atom stereocenters. The fraction of sp³-hybridized carbons (Fsp3) is 0.250. The lowest BCUT2D eigenvalue weighted by atomic mass is 10.1. The average molecular weight is 353 g/mol. The molecule has 134 valence electrons. The first-order valence-corrected chi connectivity index (χ1v) is 8.42. The number of aromatic nitrogens is 2. The van der Waals surface area contributed by atoms with Crippen LogP contribution in [-0.2, 0) is 7.05 Å². The molecule has 0 aliphatic carbocycles. The van der Waals surface area contributed by atoms with Crippen molar-refractivity contribution >= 4 is 16.8 Å². The molecule has 0 saturated heterocycles. The third kappa shape index (κ3) is 3.10. The molecule has 0 bridgehead atoms. The monoisotopic (exact) mass is 353 g/mol. The van der Waals surface area contributed by atoms with Gasteiger partial charge in [-0.25, -0.2) is 9.37 Å². The molecule has 0 spiro atoms. The van der Waals surface area contributed by atoms with E-state index < -0.39 is 5.82 Å². The van der Waals surface area contributed by atoms with Crippen molar-refractivity contribution < 1.29 is 9.18 Å². The van der Waals surface area contributed by atoms with Gasteiger partial charge in [0, 0.05) is 19.7 Å². The van der Waals surface area contributed by atoms with Gasteiger partial charge in [-0.3, -0.25) is 14.2 Å². The molecule has 1 heterocycles. The van der Waals surface area contributed by atoms with E-state index in [1.54, 1.807) is 37.2 Å². The van der Waals surface area contributed by atoms with Gasteiger partial charge in [-0.15, -0.1) is 0 Å². The summed E-state index contributed by atoms with van der Waals surface area (Å²) in [7, 11) is 3.33. The van der Waals surface area contributed by atoms with E-state index in [0.29, 0.717) is 28.7 Å². The quantitative estimate of drug-likeness (QED) is 0.723. The maximum absolute atomic E-state index is 13.1. The molecule has 5 nitrogen and oxygen atoms in total. The summed E-state index contributed by atoms with van der Waals surface area (Å²) in [6, 6.07) is 12.2. The Morgan fingerprint density at radius 2 is 1.85 bits per heavy atom. The number of benzene rings is 2. The van der Waals surface area contributed by atoms with E-state index in [0.717, 1.165) is 0 Å². The van der Waals surface area contributed by atoms with Gasteiger partial charge in [0.25, 0.3) is 11.5 Å². The summed E-state index contributed by atoms with van der Waals surface area (Å²) in [5.74, 6) is -0.122. The number of halogens is 1. The molecular weight excluding hydrogens is 333 g/mol. The van der Waals surface area contributed by atoms with Crippen LogP contribution in [0, 0.1) is 5.82 Å². The van der Waals surface area contributed by atoms with Crippen LogP contribution in [0.25, 0.3) is 10.9 Å². The number of para-hydroxylation sites is 1. The zero-order valence-corrected chi connectivity index (χ0v) is 14.9. The van der Waals surface area contributed by atoms with E-state index in [1.165, 1.54) is 28.8 Å². The molecule has 1 unspecified atom stereocenters. The molecule has 0 saturated carbocycles. The highest BCUT2D eigenvalue weighted by molar-refractivity contribution is 5.94. The Labute approximate surface area is 150 Å². The standard InChI is InChI=1S/C20H20FN3O2/c1-4-17(23(2)19(25)13-9-11-14(21)12-10-13)18-22-16-8-6-5-7-15(16)20(26)24(18)3/h5-12,17H,4H2,1-3H3. The van der Waals surface area contributed by atoms with Crippen LogP contribution in [0.15, 0.2) is 53.3 Å². The highest BCUT2D eigenvalue weighted by atomic mass is 19.1. The summed E-state index contributed by atoms with van der Waals surface area (Å²) in [5, 5.41) is 0.543. The lowest BCUT2D eigenvalue weighted by Gasteiger charge is -2.28. The molecule has 26 heavy (non-hydrogen) atoms. The van der Waals surface area contributed by atoms with Crippen LogP contribution in [0.1, 0.15) is 35.6 Å². The first-order valence-electron chi connectivity index (χ1n) is 8.42. The lowest BCUT2D eigenvalue weighted by Crippen LogP contribution is -2.35. The third-order valence-electron chi connectivity index (χ3n) is 4.58. The Morgan fingerprint density at radius 1 is 1.19 bits per heavy atom. The molecule has 0 aliphatic rings. The number of carbonyl (C=O) groups excluding carboxylic acids is 1. The van der Waals surface area contributed by atoms with Gasteiger partial charge in [-0.05, 0) is 42.8 Å². The number of hydrogen-bond acceptors (Lipinski definition) is 3. The van der Waals surface area contributed by atoms with Crippen LogP contribution in [0.4, 0.5) is 4.39 Å². The first kappa shape index (κ1) is 17.8. The highest BCUT2D eigenvalue weighted by Crippen LogP contribution is 2.23. The van der Waals surface area contributed by atoms with Crippen molar-refractivity contribution in [2.75, 3.05) is 7.05 Å². The minimum atomic E-state index is -0.394. The van der Waals surface area contributed by atoms with E-state index >= 15 is 0 Å². The fourth-order valence-corrected chi connectivity index (χ4v) is 3.10. The number of rotatable bonds is 4. The summed E-state index contributed by atoms with van der Waals surface area (Å²) < 4.78 is 14.6. The first-order chi connectivity index (χ1) is 12.4. The number of fused-ring (bicyclic) bond motifs is 1. The van der Waals surface area contributed by atoms with Crippen LogP contribution in [-0.4, -0.2) is 27.4 Å². The van der Waals surface area contributed by atoms with Gasteiger partial charge < -0.3 is 4.90 Å². The van der Waals surface area contributed by atoms with Gasteiger partial charge in [-0.1, -0.05) is 19.1 Å². The smallest absolute Gasteiger partial charge is 0.261 e. The number of carbonyl (C=O) groups is 1. The topological polar surface area (TPSA) is 55.2 Å². The second kappa shape index (κ2) is 7.07. The zero-order valence-electron chi connectivity index (χ0n) is 14.9. The summed E-state index contributed by atoms with van der Waals surface area (Å²) in [6.45, 7) is 1.93. The number of hydrogen-bond donors (Lipinski definition) is 0. The Bertz CT molecular complexity index is 1010. The largest absolute Gasteiger partial charge is 0.332 e. The van der Waals surface area contributed by atoms with Gasteiger partial charge in [0.2, 0.25) is 0 Å². The van der Waals surface area contributed by atoms with Gasteiger partial charge in [0.1, 0.15) is 11.6 Å². The Morgan fingerprint density at radius 3 is 2.50 bits per heavy atom. The van der Waals surface area contributed by atoms with E-state index in [1.807, 2.05) is 13.0 Å². The second-order valence-electron chi connectivity index (χ2n) is 6.20. The van der Waals surface area contributed by atoms with Crippen molar-refractivity contribution in [3.8, 4) is 0 Å². The van der Waals surface area contributed by atoms with Crippen LogP contribution in [0.2, 0.25) is 0 Å². The predicted molar refractivity (Wildman–Crippen MR) is 98.5 cm³/mol. The minimum absolute atomic E-state index is 0.147. The van der Waals surface area contributed by atoms with Crippen molar-refractivity contribution in [3.05, 3.63) is 76.1 Å². The molecule has 6 heteroatoms. The summed E-state index contributed by atoms with van der Waals surface area (Å²) in [6.07, 6.45) is 0.585. The van der Waals surface area contributed by atoms with Crippen LogP contribution >= 0.6 is 0 Å². The Hall–Kier alpha value is -3.02. The predicted octanol–water partition coefficient (Wildman–Crippen LogP) is 3.30. The average Bonchev–Trinajstić information content (AvgIpc) is 2.66. The van der Waals surface area contributed by atoms with Crippen molar-refractivity contribution in [1.82, 2.24) is 14.5 Å². The third-order valence-corrected chi connectivity index (χ3v) is 4.58. The van der Waals surface area contributed by atoms with E-state index in [2.05, 4.69) is 4.98 Å². The maximum Gasteiger partial charge on any atom is 0.261 e. The molecule has 1 aromatic heterocycles.